The third-order valence-electron chi connectivity index (χ3n) is 1.81. The Balaban J connectivity index is -0.000000500. The minimum atomic E-state index is 0. The topological polar surface area (TPSA) is 0 Å². The van der Waals surface area contributed by atoms with Crippen LogP contribution in [-0.2, 0) is 19.5 Å². The van der Waals surface area contributed by atoms with Crippen molar-refractivity contribution in [2.45, 2.75) is 46.0 Å². The molecule has 0 amide bonds. The summed E-state index contributed by atoms with van der Waals surface area (Å²) in [5.74, 6) is 0. The number of hydrogen-bond acceptors (Lipinski definition) is 0. The van der Waals surface area contributed by atoms with Crippen LogP contribution in [0.25, 0.3) is 0 Å². The van der Waals surface area contributed by atoms with Gasteiger partial charge in [0.25, 0.3) is 0 Å². The molecule has 72 valence electrons. The van der Waals surface area contributed by atoms with Gasteiger partial charge in [-0.2, -0.15) is 5.57 Å². The molecule has 0 atom stereocenters. The van der Waals surface area contributed by atoms with Gasteiger partial charge >= 0.3 is 19.5 Å². The minimum Gasteiger partial charge on any atom is -0.358 e. The Labute approximate surface area is 97.3 Å². The predicted molar refractivity (Wildman–Crippen MR) is 57.8 cm³/mol. The van der Waals surface area contributed by atoms with Crippen molar-refractivity contribution in [2.75, 3.05) is 0 Å². The molecule has 0 aliphatic heterocycles. The Morgan fingerprint density at radius 1 is 1.23 bits per heavy atom. The Morgan fingerprint density at radius 3 is 2.31 bits per heavy atom. The van der Waals surface area contributed by atoms with Gasteiger partial charge in [-0.3, -0.25) is 6.58 Å². The van der Waals surface area contributed by atoms with Crippen molar-refractivity contribution in [2.24, 2.45) is 0 Å². The van der Waals surface area contributed by atoms with Crippen molar-refractivity contribution in [3.05, 3.63) is 31.7 Å². The Morgan fingerprint density at radius 2 is 1.85 bits per heavy atom. The van der Waals surface area contributed by atoms with Gasteiger partial charge in [0, 0.05) is 0 Å². The van der Waals surface area contributed by atoms with Crippen LogP contribution in [0.5, 0.6) is 0 Å². The van der Waals surface area contributed by atoms with E-state index in [-0.39, 0.29) is 26.9 Å². The summed E-state index contributed by atoms with van der Waals surface area (Å²) in [6, 6.07) is 0. The quantitative estimate of drug-likeness (QED) is 0.276. The zero-order chi connectivity index (χ0) is 8.53. The standard InChI is InChI=1S/C11H19.CH3.Zn/c1-4-6-7-8-10-11(3)9-5-2;;/h2,5,9H,4,6-8,10H2,1,3H3;1H3;/q2*-1;+2/b11-9+;;. The van der Waals surface area contributed by atoms with Gasteiger partial charge in [-0.25, -0.2) is 12.2 Å². The second-order valence-electron chi connectivity index (χ2n) is 3.02. The maximum Gasteiger partial charge on any atom is 2.00 e. The monoisotopic (exact) mass is 230 g/mol. The van der Waals surface area contributed by atoms with E-state index in [1.165, 1.54) is 37.7 Å². The molecule has 0 rings (SSSR count). The maximum absolute atomic E-state index is 5.26. The predicted octanol–water partition coefficient (Wildman–Crippen LogP) is 4.34. The van der Waals surface area contributed by atoms with Gasteiger partial charge in [0.1, 0.15) is 0 Å². The first-order valence-electron chi connectivity index (χ1n) is 4.52. The number of hydrogen-bond donors (Lipinski definition) is 0. The van der Waals surface area contributed by atoms with Crippen molar-refractivity contribution >= 4 is 0 Å². The van der Waals surface area contributed by atoms with Gasteiger partial charge in [-0.15, -0.1) is 0 Å². The van der Waals surface area contributed by atoms with Gasteiger partial charge < -0.3 is 7.43 Å². The van der Waals surface area contributed by atoms with Gasteiger partial charge in [0.15, 0.2) is 0 Å². The Bertz CT molecular complexity index is 125. The summed E-state index contributed by atoms with van der Waals surface area (Å²) in [5, 5.41) is 0. The zero-order valence-corrected chi connectivity index (χ0v) is 12.4. The molecule has 0 bridgehead atoms. The van der Waals surface area contributed by atoms with Crippen LogP contribution in [0.4, 0.5) is 0 Å². The number of allylic oxidation sites excluding steroid dienone is 3. The maximum atomic E-state index is 5.26. The van der Waals surface area contributed by atoms with E-state index >= 15 is 0 Å². The molecule has 1 heteroatoms. The first-order valence-corrected chi connectivity index (χ1v) is 4.52. The van der Waals surface area contributed by atoms with Crippen LogP contribution in [0.3, 0.4) is 0 Å². The summed E-state index contributed by atoms with van der Waals surface area (Å²) in [4.78, 5) is 0. The summed E-state index contributed by atoms with van der Waals surface area (Å²) in [6.07, 6.45) is 10.1. The Hall–Kier alpha value is 0.103. The van der Waals surface area contributed by atoms with Crippen LogP contribution in [0.1, 0.15) is 46.0 Å². The summed E-state index contributed by atoms with van der Waals surface area (Å²) >= 11 is 0. The van der Waals surface area contributed by atoms with E-state index in [4.69, 9.17) is 6.58 Å². The molecule has 0 aromatic rings. The van der Waals surface area contributed by atoms with Gasteiger partial charge in [0.05, 0.1) is 0 Å². The molecule has 0 aliphatic rings. The molecule has 0 spiro atoms. The SMILES string of the molecule is [CH-]=C/C=C(\C)CCCCCC.[CH3-].[Zn+2]. The molecule has 0 saturated carbocycles. The van der Waals surface area contributed by atoms with Crippen LogP contribution in [0.2, 0.25) is 0 Å². The van der Waals surface area contributed by atoms with Crippen LogP contribution >= 0.6 is 0 Å². The average molecular weight is 232 g/mol. The summed E-state index contributed by atoms with van der Waals surface area (Å²) in [7, 11) is 0. The van der Waals surface area contributed by atoms with E-state index in [0.717, 1.165) is 0 Å². The second kappa shape index (κ2) is 14.6. The fraction of sp³-hybridized carbons (Fsp3) is 0.583. The number of unbranched alkanes of at least 4 members (excludes halogenated alkanes) is 3. The van der Waals surface area contributed by atoms with Crippen LogP contribution in [-0.4, -0.2) is 0 Å². The Kier molecular flexibility index (Phi) is 21.1. The van der Waals surface area contributed by atoms with E-state index in [2.05, 4.69) is 13.8 Å². The van der Waals surface area contributed by atoms with Crippen molar-refractivity contribution in [1.82, 2.24) is 0 Å². The van der Waals surface area contributed by atoms with Crippen molar-refractivity contribution in [3.8, 4) is 0 Å². The first kappa shape index (κ1) is 18.8. The van der Waals surface area contributed by atoms with Crippen LogP contribution < -0.4 is 0 Å². The molecular weight excluding hydrogens is 210 g/mol. The zero-order valence-electron chi connectivity index (χ0n) is 9.47. The molecular formula is C12H22Zn. The summed E-state index contributed by atoms with van der Waals surface area (Å²) in [6.45, 7) is 9.63. The average Bonchev–Trinajstić information content (AvgIpc) is 1.99. The van der Waals surface area contributed by atoms with Gasteiger partial charge in [-0.05, 0) is 6.42 Å². The van der Waals surface area contributed by atoms with Gasteiger partial charge in [-0.1, -0.05) is 39.5 Å². The molecule has 0 aromatic heterocycles. The van der Waals surface area contributed by atoms with E-state index in [9.17, 15) is 0 Å². The van der Waals surface area contributed by atoms with Crippen LogP contribution in [0.15, 0.2) is 17.7 Å². The van der Waals surface area contributed by atoms with Crippen molar-refractivity contribution in [3.63, 3.8) is 0 Å². The van der Waals surface area contributed by atoms with E-state index < -0.39 is 0 Å². The second-order valence-corrected chi connectivity index (χ2v) is 3.02. The largest absolute Gasteiger partial charge is 2.00 e. The van der Waals surface area contributed by atoms with E-state index in [1.54, 1.807) is 6.08 Å². The van der Waals surface area contributed by atoms with E-state index in [0.29, 0.717) is 0 Å². The smallest absolute Gasteiger partial charge is 0.358 e. The summed E-state index contributed by atoms with van der Waals surface area (Å²) in [5.41, 5.74) is 1.39. The molecule has 0 saturated heterocycles. The molecule has 0 heterocycles. The molecule has 0 radical (unpaired) electrons. The molecule has 0 unspecified atom stereocenters. The van der Waals surface area contributed by atoms with Crippen molar-refractivity contribution < 1.29 is 19.5 Å². The van der Waals surface area contributed by atoms with Gasteiger partial charge in [0.2, 0.25) is 0 Å². The van der Waals surface area contributed by atoms with E-state index in [1.807, 2.05) is 6.08 Å². The summed E-state index contributed by atoms with van der Waals surface area (Å²) < 4.78 is 0. The molecule has 0 fully saturated rings. The molecule has 0 aromatic carbocycles. The molecule has 0 N–H and O–H groups in total. The minimum absolute atomic E-state index is 0. The fourth-order valence-corrected chi connectivity index (χ4v) is 1.08. The fourth-order valence-electron chi connectivity index (χ4n) is 1.08. The first-order chi connectivity index (χ1) is 5.31. The molecule has 13 heavy (non-hydrogen) atoms. The molecule has 0 aliphatic carbocycles. The third-order valence-corrected chi connectivity index (χ3v) is 1.81. The number of rotatable bonds is 6. The van der Waals surface area contributed by atoms with Crippen LogP contribution in [0, 0.1) is 14.0 Å². The van der Waals surface area contributed by atoms with Crippen molar-refractivity contribution in [1.29, 1.82) is 0 Å². The third kappa shape index (κ3) is 14.9. The molecule has 0 nitrogen and oxygen atoms in total. The normalized spacial score (nSPS) is 9.85.